The normalized spacial score (nSPS) is 11.7. The molecule has 0 spiro atoms. The monoisotopic (exact) mass is 272 g/mol. The van der Waals surface area contributed by atoms with Crippen molar-refractivity contribution in [3.05, 3.63) is 42.0 Å². The molecule has 98 valence electrons. The predicted molar refractivity (Wildman–Crippen MR) is 81.9 cm³/mol. The van der Waals surface area contributed by atoms with E-state index in [4.69, 9.17) is 16.3 Å². The van der Waals surface area contributed by atoms with Crippen molar-refractivity contribution in [1.82, 2.24) is 0 Å². The standard InChI is InChI=1S/C17H17ClO/c1-3-13(2)19-17-11-10-14-7-4-5-8-15(14)16(17)9-6-12-18/h4-5,7-8,10-11,13H,3,12H2,1-2H3. The molecule has 0 aliphatic rings. The van der Waals surface area contributed by atoms with Gasteiger partial charge in [0.2, 0.25) is 0 Å². The second-order valence-electron chi connectivity index (χ2n) is 4.43. The van der Waals surface area contributed by atoms with Gasteiger partial charge in [-0.25, -0.2) is 0 Å². The molecule has 19 heavy (non-hydrogen) atoms. The molecule has 0 aromatic heterocycles. The summed E-state index contributed by atoms with van der Waals surface area (Å²) in [5.74, 6) is 7.22. The molecule has 2 rings (SSSR count). The van der Waals surface area contributed by atoms with Crippen LogP contribution in [0.15, 0.2) is 36.4 Å². The van der Waals surface area contributed by atoms with E-state index in [1.54, 1.807) is 0 Å². The lowest BCUT2D eigenvalue weighted by Crippen LogP contribution is -2.10. The Kier molecular flexibility index (Phi) is 4.71. The van der Waals surface area contributed by atoms with E-state index >= 15 is 0 Å². The van der Waals surface area contributed by atoms with Crippen molar-refractivity contribution in [3.63, 3.8) is 0 Å². The van der Waals surface area contributed by atoms with Gasteiger partial charge in [-0.15, -0.1) is 11.6 Å². The number of fused-ring (bicyclic) bond motifs is 1. The number of alkyl halides is 1. The van der Waals surface area contributed by atoms with Gasteiger partial charge in [-0.05, 0) is 24.8 Å². The van der Waals surface area contributed by atoms with Gasteiger partial charge in [0, 0.05) is 5.39 Å². The lowest BCUT2D eigenvalue weighted by molar-refractivity contribution is 0.217. The minimum absolute atomic E-state index is 0.178. The maximum Gasteiger partial charge on any atom is 0.135 e. The first-order valence-corrected chi connectivity index (χ1v) is 7.03. The predicted octanol–water partition coefficient (Wildman–Crippen LogP) is 4.61. The molecule has 0 N–H and O–H groups in total. The van der Waals surface area contributed by atoms with Crippen LogP contribution in [-0.2, 0) is 0 Å². The molecule has 1 nitrogen and oxygen atoms in total. The number of rotatable bonds is 3. The molecule has 1 unspecified atom stereocenters. The van der Waals surface area contributed by atoms with E-state index in [2.05, 4.69) is 43.9 Å². The Morgan fingerprint density at radius 2 is 2.00 bits per heavy atom. The van der Waals surface area contributed by atoms with Gasteiger partial charge in [0.1, 0.15) is 5.75 Å². The van der Waals surface area contributed by atoms with Crippen molar-refractivity contribution < 1.29 is 4.74 Å². The van der Waals surface area contributed by atoms with E-state index in [0.717, 1.165) is 28.5 Å². The molecule has 0 aliphatic carbocycles. The summed E-state index contributed by atoms with van der Waals surface area (Å²) < 4.78 is 5.95. The van der Waals surface area contributed by atoms with Crippen LogP contribution in [0.25, 0.3) is 10.8 Å². The Morgan fingerprint density at radius 3 is 2.74 bits per heavy atom. The zero-order valence-corrected chi connectivity index (χ0v) is 12.0. The van der Waals surface area contributed by atoms with Crippen LogP contribution in [0.3, 0.4) is 0 Å². The Hall–Kier alpha value is -1.65. The summed E-state index contributed by atoms with van der Waals surface area (Å²) in [6.07, 6.45) is 1.15. The number of hydrogen-bond donors (Lipinski definition) is 0. The number of halogens is 1. The SMILES string of the molecule is CCC(C)Oc1ccc2ccccc2c1C#CCCl. The van der Waals surface area contributed by atoms with E-state index in [0.29, 0.717) is 5.88 Å². The third kappa shape index (κ3) is 3.22. The van der Waals surface area contributed by atoms with Crippen molar-refractivity contribution in [2.24, 2.45) is 0 Å². The number of hydrogen-bond acceptors (Lipinski definition) is 1. The van der Waals surface area contributed by atoms with E-state index in [1.165, 1.54) is 0 Å². The number of benzene rings is 2. The van der Waals surface area contributed by atoms with E-state index in [1.807, 2.05) is 18.2 Å². The topological polar surface area (TPSA) is 9.23 Å². The molecule has 0 heterocycles. The first-order valence-electron chi connectivity index (χ1n) is 6.49. The van der Waals surface area contributed by atoms with Crippen LogP contribution in [0.2, 0.25) is 0 Å². The molecule has 2 aromatic rings. The zero-order valence-electron chi connectivity index (χ0n) is 11.2. The largest absolute Gasteiger partial charge is 0.489 e. The Labute approximate surface area is 119 Å². The van der Waals surface area contributed by atoms with Gasteiger partial charge in [-0.1, -0.05) is 49.1 Å². The van der Waals surface area contributed by atoms with Crippen LogP contribution in [0, 0.1) is 11.8 Å². The molecule has 0 radical (unpaired) electrons. The van der Waals surface area contributed by atoms with Gasteiger partial charge in [-0.2, -0.15) is 0 Å². The highest BCUT2D eigenvalue weighted by Gasteiger charge is 2.09. The molecule has 0 amide bonds. The van der Waals surface area contributed by atoms with Gasteiger partial charge in [0.25, 0.3) is 0 Å². The highest BCUT2D eigenvalue weighted by molar-refractivity contribution is 6.19. The van der Waals surface area contributed by atoms with E-state index in [9.17, 15) is 0 Å². The van der Waals surface area contributed by atoms with Gasteiger partial charge in [-0.3, -0.25) is 0 Å². The van der Waals surface area contributed by atoms with Crippen LogP contribution in [0.1, 0.15) is 25.8 Å². The van der Waals surface area contributed by atoms with E-state index in [-0.39, 0.29) is 6.10 Å². The summed E-state index contributed by atoms with van der Waals surface area (Å²) in [5, 5.41) is 2.28. The molecule has 0 aliphatic heterocycles. The molecule has 0 saturated carbocycles. The summed E-state index contributed by atoms with van der Waals surface area (Å²) in [5.41, 5.74) is 0.930. The van der Waals surface area contributed by atoms with Gasteiger partial charge < -0.3 is 4.74 Å². The molecule has 0 fully saturated rings. The Bertz CT molecular complexity index is 622. The fourth-order valence-electron chi connectivity index (χ4n) is 1.90. The van der Waals surface area contributed by atoms with Gasteiger partial charge in [0.15, 0.2) is 0 Å². The minimum Gasteiger partial charge on any atom is -0.489 e. The van der Waals surface area contributed by atoms with Crippen molar-refractivity contribution in [2.45, 2.75) is 26.4 Å². The third-order valence-corrected chi connectivity index (χ3v) is 3.21. The summed E-state index contributed by atoms with van der Waals surface area (Å²) in [7, 11) is 0. The van der Waals surface area contributed by atoms with Gasteiger partial charge >= 0.3 is 0 Å². The second kappa shape index (κ2) is 6.50. The molecule has 0 saturated heterocycles. The minimum atomic E-state index is 0.178. The van der Waals surface area contributed by atoms with Crippen molar-refractivity contribution in [2.75, 3.05) is 5.88 Å². The third-order valence-electron chi connectivity index (χ3n) is 3.07. The average molecular weight is 273 g/mol. The highest BCUT2D eigenvalue weighted by Crippen LogP contribution is 2.28. The van der Waals surface area contributed by atoms with Gasteiger partial charge in [0.05, 0.1) is 17.5 Å². The smallest absolute Gasteiger partial charge is 0.135 e. The maximum absolute atomic E-state index is 5.95. The summed E-state index contributed by atoms with van der Waals surface area (Å²) in [4.78, 5) is 0. The molecule has 2 heteroatoms. The molecule has 2 aromatic carbocycles. The summed E-state index contributed by atoms with van der Waals surface area (Å²) in [6.45, 7) is 4.17. The Balaban J connectivity index is 2.56. The fraction of sp³-hybridized carbons (Fsp3) is 0.294. The quantitative estimate of drug-likeness (QED) is 0.586. The lowest BCUT2D eigenvalue weighted by atomic mass is 10.0. The Morgan fingerprint density at radius 1 is 1.21 bits per heavy atom. The molecular formula is C17H17ClO. The zero-order chi connectivity index (χ0) is 13.7. The maximum atomic E-state index is 5.95. The lowest BCUT2D eigenvalue weighted by Gasteiger charge is -2.15. The van der Waals surface area contributed by atoms with Crippen LogP contribution in [0.5, 0.6) is 5.75 Å². The van der Waals surface area contributed by atoms with E-state index < -0.39 is 0 Å². The molecule has 0 bridgehead atoms. The average Bonchev–Trinajstić information content (AvgIpc) is 2.45. The molecular weight excluding hydrogens is 256 g/mol. The first kappa shape index (κ1) is 13.8. The second-order valence-corrected chi connectivity index (χ2v) is 4.70. The molecule has 1 atom stereocenters. The van der Waals surface area contributed by atoms with Crippen LogP contribution >= 0.6 is 11.6 Å². The number of ether oxygens (including phenoxy) is 1. The van der Waals surface area contributed by atoms with Crippen molar-refractivity contribution in [1.29, 1.82) is 0 Å². The van der Waals surface area contributed by atoms with Crippen LogP contribution < -0.4 is 4.74 Å². The first-order chi connectivity index (χ1) is 9.26. The summed E-state index contributed by atoms with van der Waals surface area (Å²) >= 11 is 5.67. The van der Waals surface area contributed by atoms with Crippen LogP contribution in [-0.4, -0.2) is 12.0 Å². The fourth-order valence-corrected chi connectivity index (χ4v) is 1.97. The van der Waals surface area contributed by atoms with Crippen LogP contribution in [0.4, 0.5) is 0 Å². The highest BCUT2D eigenvalue weighted by atomic mass is 35.5. The van der Waals surface area contributed by atoms with Crippen molar-refractivity contribution >= 4 is 22.4 Å². The van der Waals surface area contributed by atoms with Crippen molar-refractivity contribution in [3.8, 4) is 17.6 Å². The summed E-state index contributed by atoms with van der Waals surface area (Å²) in [6, 6.07) is 12.2.